The van der Waals surface area contributed by atoms with Crippen LogP contribution in [0, 0.1) is 11.8 Å². The van der Waals surface area contributed by atoms with Gasteiger partial charge in [-0.25, -0.2) is 9.69 Å². The monoisotopic (exact) mass is 613 g/mol. The second-order valence-corrected chi connectivity index (χ2v) is 12.8. The van der Waals surface area contributed by atoms with E-state index in [4.69, 9.17) is 4.74 Å². The summed E-state index contributed by atoms with van der Waals surface area (Å²) in [5.74, 6) is -2.19. The first-order chi connectivity index (χ1) is 20.0. The zero-order valence-corrected chi connectivity index (χ0v) is 25.1. The Balaban J connectivity index is 1.19. The van der Waals surface area contributed by atoms with Crippen molar-refractivity contribution in [2.75, 3.05) is 11.5 Å². The molecule has 0 N–H and O–H groups in total. The topological polar surface area (TPSA) is 63.7 Å². The van der Waals surface area contributed by atoms with Gasteiger partial charge < -0.3 is 4.74 Å². The number of hydrogen-bond acceptors (Lipinski definition) is 4. The molecule has 4 aliphatic rings. The van der Waals surface area contributed by atoms with E-state index in [9.17, 15) is 14.4 Å². The summed E-state index contributed by atoms with van der Waals surface area (Å²) in [7, 11) is 0. The van der Waals surface area contributed by atoms with Crippen molar-refractivity contribution in [2.45, 2.75) is 68.5 Å². The van der Waals surface area contributed by atoms with Crippen LogP contribution >= 0.6 is 15.9 Å². The lowest BCUT2D eigenvalue weighted by Crippen LogP contribution is -2.50. The summed E-state index contributed by atoms with van der Waals surface area (Å²) in [6.45, 7) is 2.59. The number of imide groups is 1. The molecule has 0 unspecified atom stereocenters. The van der Waals surface area contributed by atoms with Crippen molar-refractivity contribution in [3.8, 4) is 0 Å². The summed E-state index contributed by atoms with van der Waals surface area (Å²) in [6.07, 6.45) is 9.36. The molecule has 1 aliphatic heterocycles. The number of nitrogens with zero attached hydrogens (tertiary/aromatic N) is 1. The zero-order valence-electron chi connectivity index (χ0n) is 23.5. The number of ether oxygens (including phenoxy) is 1. The van der Waals surface area contributed by atoms with Crippen molar-refractivity contribution >= 4 is 39.4 Å². The normalized spacial score (nSPS) is 23.8. The first-order valence-corrected chi connectivity index (χ1v) is 15.8. The molecule has 0 saturated carbocycles. The highest BCUT2D eigenvalue weighted by atomic mass is 79.9. The molecule has 212 valence electrons. The van der Waals surface area contributed by atoms with Gasteiger partial charge >= 0.3 is 5.97 Å². The van der Waals surface area contributed by atoms with E-state index in [0.717, 1.165) is 41.5 Å². The van der Waals surface area contributed by atoms with Gasteiger partial charge in [-0.3, -0.25) is 9.59 Å². The van der Waals surface area contributed by atoms with Crippen molar-refractivity contribution in [1.82, 2.24) is 0 Å². The second kappa shape index (κ2) is 11.6. The van der Waals surface area contributed by atoms with Crippen LogP contribution in [-0.2, 0) is 18.7 Å². The molecule has 2 amide bonds. The molecule has 1 saturated heterocycles. The third kappa shape index (κ3) is 4.64. The van der Waals surface area contributed by atoms with Crippen LogP contribution in [0.15, 0.2) is 72.8 Å². The average molecular weight is 615 g/mol. The minimum Gasteiger partial charge on any atom is -0.462 e. The number of anilines is 1. The first kappa shape index (κ1) is 27.9. The molecule has 3 aliphatic carbocycles. The van der Waals surface area contributed by atoms with Gasteiger partial charge in [0.2, 0.25) is 11.8 Å². The van der Waals surface area contributed by atoms with E-state index >= 15 is 0 Å². The molecule has 41 heavy (non-hydrogen) atoms. The summed E-state index contributed by atoms with van der Waals surface area (Å²) in [5, 5.41) is 0. The van der Waals surface area contributed by atoms with E-state index in [1.807, 2.05) is 24.3 Å². The lowest BCUT2D eigenvalue weighted by atomic mass is 9.55. The Kier molecular flexibility index (Phi) is 7.86. The quantitative estimate of drug-likeness (QED) is 0.0954. The molecule has 7 rings (SSSR count). The van der Waals surface area contributed by atoms with Crippen LogP contribution in [0.1, 0.15) is 96.8 Å². The molecular weight excluding hydrogens is 578 g/mol. The maximum atomic E-state index is 14.2. The molecule has 5 nitrogen and oxygen atoms in total. The Morgan fingerprint density at radius 2 is 1.41 bits per heavy atom. The van der Waals surface area contributed by atoms with E-state index in [0.29, 0.717) is 17.9 Å². The molecule has 0 spiro atoms. The van der Waals surface area contributed by atoms with Gasteiger partial charge in [-0.05, 0) is 46.9 Å². The number of benzene rings is 3. The lowest BCUT2D eigenvalue weighted by molar-refractivity contribution is -0.122. The predicted molar refractivity (Wildman–Crippen MR) is 163 cm³/mol. The number of halogens is 1. The summed E-state index contributed by atoms with van der Waals surface area (Å²) < 4.78 is 4.75. The van der Waals surface area contributed by atoms with E-state index in [1.54, 1.807) is 24.3 Å². The molecule has 2 bridgehead atoms. The molecule has 1 fully saturated rings. The SMILES string of the molecule is CCCCCCCCCCOC(=O)c1cccc(N2C(=O)[C@@H]3C4c5ccccc5C(Br)(c5ccccc54)[C@@H]3C2=O)c1. The highest BCUT2D eigenvalue weighted by Gasteiger charge is 2.67. The molecular formula is C35H36BrNO4. The smallest absolute Gasteiger partial charge is 0.338 e. The standard InChI is InChI=1S/C35H36BrNO4/c1-2-3-4-5-6-7-8-13-21-41-34(40)23-15-14-16-24(22-23)37-32(38)30-29-25-17-9-11-19-27(25)35(36,31(30)33(37)39)28-20-12-10-18-26(28)29/h9-12,14-20,22,29-31H,2-8,13,21H2,1H3/t29?,30-,31+,35?/m1/s1. The first-order valence-electron chi connectivity index (χ1n) is 15.0. The summed E-state index contributed by atoms with van der Waals surface area (Å²) in [4.78, 5) is 42.4. The Bertz CT molecular complexity index is 1430. The number of carbonyl (C=O) groups is 3. The van der Waals surface area contributed by atoms with Crippen molar-refractivity contribution in [2.24, 2.45) is 11.8 Å². The Morgan fingerprint density at radius 3 is 2.07 bits per heavy atom. The Morgan fingerprint density at radius 1 is 0.805 bits per heavy atom. The van der Waals surface area contributed by atoms with Crippen molar-refractivity contribution < 1.29 is 19.1 Å². The zero-order chi connectivity index (χ0) is 28.6. The van der Waals surface area contributed by atoms with Gasteiger partial charge in [0.1, 0.15) is 0 Å². The maximum absolute atomic E-state index is 14.2. The van der Waals surface area contributed by atoms with Crippen LogP contribution < -0.4 is 4.90 Å². The average Bonchev–Trinajstić information content (AvgIpc) is 3.27. The van der Waals surface area contributed by atoms with Gasteiger partial charge in [0.05, 0.1) is 34.0 Å². The number of esters is 1. The summed E-state index contributed by atoms with van der Waals surface area (Å²) >= 11 is 4.03. The fourth-order valence-corrected chi connectivity index (χ4v) is 8.39. The van der Waals surface area contributed by atoms with Gasteiger partial charge in [0.25, 0.3) is 0 Å². The van der Waals surface area contributed by atoms with Crippen LogP contribution in [0.2, 0.25) is 0 Å². The van der Waals surface area contributed by atoms with Crippen LogP contribution in [0.5, 0.6) is 0 Å². The van der Waals surface area contributed by atoms with Gasteiger partial charge in [-0.15, -0.1) is 0 Å². The van der Waals surface area contributed by atoms with Crippen LogP contribution in [0.4, 0.5) is 5.69 Å². The fourth-order valence-electron chi connectivity index (χ4n) is 7.19. The van der Waals surface area contributed by atoms with Crippen molar-refractivity contribution in [3.63, 3.8) is 0 Å². The summed E-state index contributed by atoms with van der Waals surface area (Å²) in [6, 6.07) is 23.0. The highest BCUT2D eigenvalue weighted by molar-refractivity contribution is 9.09. The van der Waals surface area contributed by atoms with E-state index < -0.39 is 22.1 Å². The second-order valence-electron chi connectivity index (χ2n) is 11.5. The third-order valence-corrected chi connectivity index (χ3v) is 10.4. The fraction of sp³-hybridized carbons (Fsp3) is 0.400. The number of hydrogen-bond donors (Lipinski definition) is 0. The molecule has 2 atom stereocenters. The number of unbranched alkanes of at least 4 members (excludes halogenated alkanes) is 7. The molecule has 6 heteroatoms. The van der Waals surface area contributed by atoms with E-state index in [1.165, 1.54) is 37.0 Å². The maximum Gasteiger partial charge on any atom is 0.338 e. The van der Waals surface area contributed by atoms with E-state index in [2.05, 4.69) is 47.1 Å². The number of amides is 2. The van der Waals surface area contributed by atoms with Crippen molar-refractivity contribution in [1.29, 1.82) is 0 Å². The highest BCUT2D eigenvalue weighted by Crippen LogP contribution is 2.66. The molecule has 1 heterocycles. The minimum absolute atomic E-state index is 0.201. The van der Waals surface area contributed by atoms with E-state index in [-0.39, 0.29) is 17.7 Å². The van der Waals surface area contributed by atoms with Gasteiger partial charge in [0, 0.05) is 5.92 Å². The number of carbonyl (C=O) groups excluding carboxylic acids is 3. The van der Waals surface area contributed by atoms with Crippen LogP contribution in [0.25, 0.3) is 0 Å². The van der Waals surface area contributed by atoms with Crippen molar-refractivity contribution in [3.05, 3.63) is 101 Å². The lowest BCUT2D eigenvalue weighted by Gasteiger charge is -2.51. The number of rotatable bonds is 11. The Labute approximate surface area is 250 Å². The van der Waals surface area contributed by atoms with Crippen LogP contribution in [-0.4, -0.2) is 24.4 Å². The molecule has 3 aromatic carbocycles. The van der Waals surface area contributed by atoms with Crippen LogP contribution in [0.3, 0.4) is 0 Å². The summed E-state index contributed by atoms with van der Waals surface area (Å²) in [5.41, 5.74) is 5.04. The largest absolute Gasteiger partial charge is 0.462 e. The van der Waals surface area contributed by atoms with Gasteiger partial charge in [-0.1, -0.05) is 122 Å². The van der Waals surface area contributed by atoms with Gasteiger partial charge in [-0.2, -0.15) is 0 Å². The molecule has 0 aromatic heterocycles. The molecule has 3 aromatic rings. The predicted octanol–water partition coefficient (Wildman–Crippen LogP) is 7.89. The number of alkyl halides is 1. The third-order valence-electron chi connectivity index (χ3n) is 9.09. The minimum atomic E-state index is -0.798. The van der Waals surface area contributed by atoms with Gasteiger partial charge in [0.15, 0.2) is 0 Å². The Hall–Kier alpha value is -3.25. The molecule has 0 radical (unpaired) electrons.